The molecule has 118 valence electrons. The molecule has 1 N–H and O–H groups in total. The number of methoxy groups -OCH3 is 1. The van der Waals surface area contributed by atoms with Gasteiger partial charge < -0.3 is 14.8 Å². The Bertz CT molecular complexity index is 413. The van der Waals surface area contributed by atoms with Crippen molar-refractivity contribution in [3.63, 3.8) is 0 Å². The third-order valence-corrected chi connectivity index (χ3v) is 4.09. The van der Waals surface area contributed by atoms with Gasteiger partial charge in [-0.25, -0.2) is 0 Å². The van der Waals surface area contributed by atoms with E-state index < -0.39 is 0 Å². The summed E-state index contributed by atoms with van der Waals surface area (Å²) in [6.07, 6.45) is 5.12. The Hall–Kier alpha value is -1.06. The second kappa shape index (κ2) is 8.40. The first-order valence-corrected chi connectivity index (χ1v) is 8.15. The summed E-state index contributed by atoms with van der Waals surface area (Å²) in [5.41, 5.74) is 1.35. The lowest BCUT2D eigenvalue weighted by molar-refractivity contribution is 0.0889. The Labute approximate surface area is 129 Å². The molecule has 0 bridgehead atoms. The van der Waals surface area contributed by atoms with Gasteiger partial charge in [-0.2, -0.15) is 0 Å². The van der Waals surface area contributed by atoms with E-state index in [1.54, 1.807) is 7.11 Å². The van der Waals surface area contributed by atoms with Crippen LogP contribution in [0.25, 0.3) is 0 Å². The van der Waals surface area contributed by atoms with Crippen LogP contribution < -0.4 is 10.1 Å². The predicted molar refractivity (Wildman–Crippen MR) is 86.9 cm³/mol. The fourth-order valence-electron chi connectivity index (χ4n) is 2.98. The molecule has 1 fully saturated rings. The van der Waals surface area contributed by atoms with Gasteiger partial charge in [-0.1, -0.05) is 26.0 Å². The Morgan fingerprint density at radius 1 is 1.38 bits per heavy atom. The monoisotopic (exact) mass is 291 g/mol. The molecule has 0 aromatic heterocycles. The average Bonchev–Trinajstić information content (AvgIpc) is 2.98. The fourth-order valence-corrected chi connectivity index (χ4v) is 2.98. The Morgan fingerprint density at radius 2 is 2.24 bits per heavy atom. The lowest BCUT2D eigenvalue weighted by Gasteiger charge is -2.22. The molecule has 1 aliphatic rings. The van der Waals surface area contributed by atoms with E-state index in [9.17, 15) is 0 Å². The molecule has 21 heavy (non-hydrogen) atoms. The van der Waals surface area contributed by atoms with Crippen molar-refractivity contribution < 1.29 is 9.47 Å². The van der Waals surface area contributed by atoms with Crippen molar-refractivity contribution in [1.29, 1.82) is 0 Å². The summed E-state index contributed by atoms with van der Waals surface area (Å²) < 4.78 is 11.1. The van der Waals surface area contributed by atoms with Gasteiger partial charge >= 0.3 is 0 Å². The van der Waals surface area contributed by atoms with Gasteiger partial charge in [0.1, 0.15) is 5.75 Å². The number of ether oxygens (including phenoxy) is 2. The van der Waals surface area contributed by atoms with E-state index in [1.165, 1.54) is 18.4 Å². The van der Waals surface area contributed by atoms with Gasteiger partial charge in [-0.15, -0.1) is 0 Å². The molecular formula is C18H29NO2. The minimum Gasteiger partial charge on any atom is -0.497 e. The SMILES string of the molecule is COc1cccc(CC(CNC(C)C)CC2CCCO2)c1. The van der Waals surface area contributed by atoms with Crippen molar-refractivity contribution >= 4 is 0 Å². The van der Waals surface area contributed by atoms with E-state index in [0.717, 1.165) is 31.7 Å². The quantitative estimate of drug-likeness (QED) is 0.796. The molecular weight excluding hydrogens is 262 g/mol. The number of benzene rings is 1. The van der Waals surface area contributed by atoms with Crippen LogP contribution in [-0.2, 0) is 11.2 Å². The van der Waals surface area contributed by atoms with Crippen LogP contribution in [0.5, 0.6) is 5.75 Å². The standard InChI is InChI=1S/C18H29NO2/c1-14(2)19-13-16(12-18-8-5-9-21-18)10-15-6-4-7-17(11-15)20-3/h4,6-7,11,14,16,18-19H,5,8-10,12-13H2,1-3H3. The minimum atomic E-state index is 0.453. The third-order valence-electron chi connectivity index (χ3n) is 4.09. The van der Waals surface area contributed by atoms with Gasteiger partial charge in [0.15, 0.2) is 0 Å². The molecule has 3 heteroatoms. The predicted octanol–water partition coefficient (Wildman–Crippen LogP) is 3.42. The lowest BCUT2D eigenvalue weighted by Crippen LogP contribution is -2.31. The summed E-state index contributed by atoms with van der Waals surface area (Å²) >= 11 is 0. The van der Waals surface area contributed by atoms with E-state index in [2.05, 4.69) is 37.4 Å². The minimum absolute atomic E-state index is 0.453. The smallest absolute Gasteiger partial charge is 0.119 e. The summed E-state index contributed by atoms with van der Waals surface area (Å²) in [6, 6.07) is 8.96. The van der Waals surface area contributed by atoms with Gasteiger partial charge in [0.2, 0.25) is 0 Å². The van der Waals surface area contributed by atoms with Gasteiger partial charge in [0.05, 0.1) is 13.2 Å². The number of hydrogen-bond donors (Lipinski definition) is 1. The van der Waals surface area contributed by atoms with E-state index in [-0.39, 0.29) is 0 Å². The van der Waals surface area contributed by atoms with E-state index in [1.807, 2.05) is 6.07 Å². The van der Waals surface area contributed by atoms with Crippen LogP contribution >= 0.6 is 0 Å². The van der Waals surface area contributed by atoms with Crippen LogP contribution in [0.3, 0.4) is 0 Å². The van der Waals surface area contributed by atoms with Crippen molar-refractivity contribution in [3.05, 3.63) is 29.8 Å². The zero-order valence-electron chi connectivity index (χ0n) is 13.6. The largest absolute Gasteiger partial charge is 0.497 e. The van der Waals surface area contributed by atoms with E-state index in [4.69, 9.17) is 9.47 Å². The van der Waals surface area contributed by atoms with E-state index in [0.29, 0.717) is 18.1 Å². The summed E-state index contributed by atoms with van der Waals surface area (Å²) in [5.74, 6) is 1.56. The summed E-state index contributed by atoms with van der Waals surface area (Å²) in [6.45, 7) is 6.40. The molecule has 2 atom stereocenters. The molecule has 0 aliphatic carbocycles. The molecule has 0 spiro atoms. The third kappa shape index (κ3) is 5.68. The molecule has 1 aliphatic heterocycles. The first-order chi connectivity index (χ1) is 10.2. The Morgan fingerprint density at radius 3 is 2.90 bits per heavy atom. The van der Waals surface area contributed by atoms with Crippen LogP contribution in [0.15, 0.2) is 24.3 Å². The highest BCUT2D eigenvalue weighted by Gasteiger charge is 2.21. The maximum atomic E-state index is 5.82. The molecule has 2 rings (SSSR count). The van der Waals surface area contributed by atoms with Gasteiger partial charge in [0, 0.05) is 12.6 Å². The number of hydrogen-bond acceptors (Lipinski definition) is 3. The highest BCUT2D eigenvalue weighted by molar-refractivity contribution is 5.28. The number of rotatable bonds is 8. The van der Waals surface area contributed by atoms with Crippen LogP contribution in [0, 0.1) is 5.92 Å². The van der Waals surface area contributed by atoms with Crippen molar-refractivity contribution in [2.45, 2.75) is 51.7 Å². The first kappa shape index (κ1) is 16.3. The summed E-state index contributed by atoms with van der Waals surface area (Å²) in [7, 11) is 1.73. The maximum absolute atomic E-state index is 5.82. The molecule has 1 aromatic carbocycles. The maximum Gasteiger partial charge on any atom is 0.119 e. The molecule has 0 amide bonds. The zero-order valence-corrected chi connectivity index (χ0v) is 13.6. The van der Waals surface area contributed by atoms with E-state index >= 15 is 0 Å². The Balaban J connectivity index is 1.95. The second-order valence-electron chi connectivity index (χ2n) is 6.36. The zero-order chi connectivity index (χ0) is 15.1. The topological polar surface area (TPSA) is 30.5 Å². The molecule has 0 saturated carbocycles. The molecule has 0 radical (unpaired) electrons. The van der Waals surface area contributed by atoms with Crippen molar-refractivity contribution in [2.75, 3.05) is 20.3 Å². The Kier molecular flexibility index (Phi) is 6.52. The summed E-state index contributed by atoms with van der Waals surface area (Å²) in [4.78, 5) is 0. The van der Waals surface area contributed by atoms with Crippen LogP contribution in [0.1, 0.15) is 38.7 Å². The van der Waals surface area contributed by atoms with Gasteiger partial charge in [-0.3, -0.25) is 0 Å². The highest BCUT2D eigenvalue weighted by atomic mass is 16.5. The van der Waals surface area contributed by atoms with Gasteiger partial charge in [0.25, 0.3) is 0 Å². The lowest BCUT2D eigenvalue weighted by atomic mass is 9.92. The normalized spacial score (nSPS) is 19.9. The van der Waals surface area contributed by atoms with Crippen LogP contribution in [0.2, 0.25) is 0 Å². The first-order valence-electron chi connectivity index (χ1n) is 8.15. The average molecular weight is 291 g/mol. The second-order valence-corrected chi connectivity index (χ2v) is 6.36. The van der Waals surface area contributed by atoms with Crippen molar-refractivity contribution in [2.24, 2.45) is 5.92 Å². The summed E-state index contributed by atoms with van der Waals surface area (Å²) in [5, 5.41) is 3.58. The molecule has 2 unspecified atom stereocenters. The van der Waals surface area contributed by atoms with Crippen LogP contribution in [0.4, 0.5) is 0 Å². The highest BCUT2D eigenvalue weighted by Crippen LogP contribution is 2.23. The van der Waals surface area contributed by atoms with Crippen molar-refractivity contribution in [3.8, 4) is 5.75 Å². The van der Waals surface area contributed by atoms with Crippen molar-refractivity contribution in [1.82, 2.24) is 5.32 Å². The fraction of sp³-hybridized carbons (Fsp3) is 0.667. The molecule has 1 heterocycles. The molecule has 3 nitrogen and oxygen atoms in total. The molecule has 1 saturated heterocycles. The molecule has 1 aromatic rings. The van der Waals surface area contributed by atoms with Gasteiger partial charge in [-0.05, 0) is 55.8 Å². The number of nitrogens with one attached hydrogen (secondary N) is 1. The van der Waals surface area contributed by atoms with Crippen LogP contribution in [-0.4, -0.2) is 32.4 Å².